The largest absolute Gasteiger partial charge is 0.491 e. The first-order chi connectivity index (χ1) is 11.6. The molecule has 0 amide bonds. The van der Waals surface area contributed by atoms with E-state index in [9.17, 15) is 9.90 Å². The Hall–Kier alpha value is -2.92. The lowest BCUT2D eigenvalue weighted by Crippen LogP contribution is -2.30. The van der Waals surface area contributed by atoms with E-state index >= 15 is 0 Å². The van der Waals surface area contributed by atoms with E-state index in [-0.39, 0.29) is 18.2 Å². The summed E-state index contributed by atoms with van der Waals surface area (Å²) in [5, 5.41) is 10.9. The van der Waals surface area contributed by atoms with Crippen LogP contribution in [-0.2, 0) is 6.42 Å². The topological polar surface area (TPSA) is 85.4 Å². The summed E-state index contributed by atoms with van der Waals surface area (Å²) < 4.78 is 5.71. The predicted octanol–water partition coefficient (Wildman–Crippen LogP) is 2.88. The summed E-state index contributed by atoms with van der Waals surface area (Å²) in [7, 11) is 0. The lowest BCUT2D eigenvalue weighted by Gasteiger charge is -2.15. The number of pyridine rings is 1. The highest BCUT2D eigenvalue weighted by atomic mass is 16.5. The third kappa shape index (κ3) is 3.52. The minimum Gasteiger partial charge on any atom is -0.491 e. The summed E-state index contributed by atoms with van der Waals surface area (Å²) in [6.07, 6.45) is 3.87. The molecule has 1 atom stereocenters. The summed E-state index contributed by atoms with van der Waals surface area (Å²) in [4.78, 5) is 15.7. The maximum Gasteiger partial charge on any atom is 0.340 e. The second-order valence-electron chi connectivity index (χ2n) is 5.60. The predicted molar refractivity (Wildman–Crippen MR) is 92.3 cm³/mol. The normalized spacial score (nSPS) is 12.0. The maximum absolute atomic E-state index is 11.6. The number of hydrogen-bond donors (Lipinski definition) is 2. The SMILES string of the molecule is N[C@@H](COc1ccc2cnccc2c1C(=O)O)Cc1ccccc1. The standard InChI is InChI=1S/C19H18N2O3/c20-15(10-13-4-2-1-3-5-13)12-24-17-7-6-14-11-21-9-8-16(14)18(17)19(22)23/h1-9,11,15H,10,12,20H2,(H,22,23)/t15-/m1/s1. The molecule has 3 N–H and O–H groups in total. The number of nitrogens with two attached hydrogens (primary N) is 1. The maximum atomic E-state index is 11.6. The molecule has 122 valence electrons. The van der Waals surface area contributed by atoms with Crippen LogP contribution in [0.3, 0.4) is 0 Å². The average Bonchev–Trinajstić information content (AvgIpc) is 2.60. The van der Waals surface area contributed by atoms with Gasteiger partial charge in [0.2, 0.25) is 0 Å². The third-order valence-electron chi connectivity index (χ3n) is 3.79. The van der Waals surface area contributed by atoms with Gasteiger partial charge in [-0.1, -0.05) is 30.3 Å². The number of rotatable bonds is 6. The summed E-state index contributed by atoms with van der Waals surface area (Å²) >= 11 is 0. The number of carboxylic acid groups (broad SMARTS) is 1. The highest BCUT2D eigenvalue weighted by molar-refractivity contribution is 6.05. The van der Waals surface area contributed by atoms with Gasteiger partial charge in [-0.15, -0.1) is 0 Å². The quantitative estimate of drug-likeness (QED) is 0.729. The summed E-state index contributed by atoms with van der Waals surface area (Å²) in [5.74, 6) is -0.705. The lowest BCUT2D eigenvalue weighted by molar-refractivity contribution is 0.0694. The van der Waals surface area contributed by atoms with E-state index in [1.807, 2.05) is 30.3 Å². The van der Waals surface area contributed by atoms with Gasteiger partial charge in [-0.2, -0.15) is 0 Å². The Morgan fingerprint density at radius 1 is 1.17 bits per heavy atom. The van der Waals surface area contributed by atoms with Crippen LogP contribution in [0.1, 0.15) is 15.9 Å². The molecule has 1 aromatic heterocycles. The van der Waals surface area contributed by atoms with Crippen molar-refractivity contribution < 1.29 is 14.6 Å². The molecule has 24 heavy (non-hydrogen) atoms. The van der Waals surface area contributed by atoms with Crippen molar-refractivity contribution in [2.75, 3.05) is 6.61 Å². The van der Waals surface area contributed by atoms with E-state index in [0.717, 1.165) is 10.9 Å². The summed E-state index contributed by atoms with van der Waals surface area (Å²) in [5.41, 5.74) is 7.37. The zero-order valence-electron chi connectivity index (χ0n) is 13.1. The summed E-state index contributed by atoms with van der Waals surface area (Å²) in [6.45, 7) is 0.242. The fraction of sp³-hybridized carbons (Fsp3) is 0.158. The first-order valence-electron chi connectivity index (χ1n) is 7.67. The Morgan fingerprint density at radius 3 is 2.71 bits per heavy atom. The summed E-state index contributed by atoms with van der Waals surface area (Å²) in [6, 6.07) is 14.8. The van der Waals surface area contributed by atoms with Crippen LogP contribution in [0.5, 0.6) is 5.75 Å². The van der Waals surface area contributed by atoms with Gasteiger partial charge in [-0.25, -0.2) is 4.79 Å². The fourth-order valence-electron chi connectivity index (χ4n) is 2.66. The van der Waals surface area contributed by atoms with E-state index in [1.54, 1.807) is 30.6 Å². The molecule has 0 aliphatic rings. The van der Waals surface area contributed by atoms with Gasteiger partial charge in [-0.05, 0) is 30.2 Å². The van der Waals surface area contributed by atoms with Gasteiger partial charge < -0.3 is 15.6 Å². The van der Waals surface area contributed by atoms with Gasteiger partial charge in [0.25, 0.3) is 0 Å². The van der Waals surface area contributed by atoms with Crippen molar-refractivity contribution in [2.24, 2.45) is 5.73 Å². The van der Waals surface area contributed by atoms with Crippen molar-refractivity contribution in [3.05, 3.63) is 72.1 Å². The van der Waals surface area contributed by atoms with Crippen LogP contribution >= 0.6 is 0 Å². The molecule has 2 aromatic carbocycles. The van der Waals surface area contributed by atoms with Crippen molar-refractivity contribution in [1.82, 2.24) is 4.98 Å². The number of aromatic carboxylic acids is 1. The van der Waals surface area contributed by atoms with Crippen LogP contribution in [0.4, 0.5) is 0 Å². The minimum atomic E-state index is -1.03. The van der Waals surface area contributed by atoms with Gasteiger partial charge in [-0.3, -0.25) is 4.98 Å². The van der Waals surface area contributed by atoms with Gasteiger partial charge >= 0.3 is 5.97 Å². The molecule has 3 aromatic rings. The molecule has 0 aliphatic heterocycles. The van der Waals surface area contributed by atoms with Gasteiger partial charge in [0, 0.05) is 29.2 Å². The van der Waals surface area contributed by atoms with Crippen LogP contribution in [0.15, 0.2) is 60.9 Å². The van der Waals surface area contributed by atoms with Gasteiger partial charge in [0.1, 0.15) is 17.9 Å². The van der Waals surface area contributed by atoms with E-state index in [0.29, 0.717) is 17.6 Å². The number of ether oxygens (including phenoxy) is 1. The average molecular weight is 322 g/mol. The molecule has 0 bridgehead atoms. The molecule has 0 aliphatic carbocycles. The van der Waals surface area contributed by atoms with E-state index in [1.165, 1.54) is 0 Å². The van der Waals surface area contributed by atoms with Crippen molar-refractivity contribution in [3.8, 4) is 5.75 Å². The molecule has 0 fully saturated rings. The molecule has 3 rings (SSSR count). The number of fused-ring (bicyclic) bond motifs is 1. The van der Waals surface area contributed by atoms with Crippen LogP contribution in [0, 0.1) is 0 Å². The molecule has 0 radical (unpaired) electrons. The second-order valence-corrected chi connectivity index (χ2v) is 5.60. The van der Waals surface area contributed by atoms with Gasteiger partial charge in [0.05, 0.1) is 0 Å². The Labute approximate surface area is 139 Å². The highest BCUT2D eigenvalue weighted by Crippen LogP contribution is 2.27. The third-order valence-corrected chi connectivity index (χ3v) is 3.79. The number of carbonyl (C=O) groups is 1. The number of carboxylic acids is 1. The first-order valence-corrected chi connectivity index (χ1v) is 7.67. The molecule has 5 nitrogen and oxygen atoms in total. The number of benzene rings is 2. The molecule has 0 unspecified atom stereocenters. The van der Waals surface area contributed by atoms with Crippen molar-refractivity contribution >= 4 is 16.7 Å². The van der Waals surface area contributed by atoms with Crippen molar-refractivity contribution in [1.29, 1.82) is 0 Å². The first kappa shape index (κ1) is 16.0. The van der Waals surface area contributed by atoms with Crippen LogP contribution in [0.2, 0.25) is 0 Å². The smallest absolute Gasteiger partial charge is 0.340 e. The van der Waals surface area contributed by atoms with Gasteiger partial charge in [0.15, 0.2) is 0 Å². The Bertz CT molecular complexity index is 850. The van der Waals surface area contributed by atoms with E-state index in [2.05, 4.69) is 4.98 Å². The highest BCUT2D eigenvalue weighted by Gasteiger charge is 2.16. The van der Waals surface area contributed by atoms with Crippen LogP contribution in [-0.4, -0.2) is 28.7 Å². The molecular formula is C19H18N2O3. The zero-order valence-corrected chi connectivity index (χ0v) is 13.1. The minimum absolute atomic E-state index is 0.141. The molecule has 5 heteroatoms. The monoisotopic (exact) mass is 322 g/mol. The van der Waals surface area contributed by atoms with Crippen LogP contribution in [0.25, 0.3) is 10.8 Å². The number of aromatic nitrogens is 1. The molecule has 0 spiro atoms. The van der Waals surface area contributed by atoms with Crippen molar-refractivity contribution in [2.45, 2.75) is 12.5 Å². The second kappa shape index (κ2) is 7.10. The molecule has 0 saturated heterocycles. The fourth-order valence-corrected chi connectivity index (χ4v) is 2.66. The lowest BCUT2D eigenvalue weighted by atomic mass is 10.1. The van der Waals surface area contributed by atoms with Crippen LogP contribution < -0.4 is 10.5 Å². The van der Waals surface area contributed by atoms with E-state index < -0.39 is 5.97 Å². The Kier molecular flexibility index (Phi) is 4.72. The zero-order chi connectivity index (χ0) is 16.9. The molecule has 1 heterocycles. The molecular weight excluding hydrogens is 304 g/mol. The Morgan fingerprint density at radius 2 is 1.96 bits per heavy atom. The molecule has 0 saturated carbocycles. The number of hydrogen-bond acceptors (Lipinski definition) is 4. The van der Waals surface area contributed by atoms with E-state index in [4.69, 9.17) is 10.5 Å². The number of nitrogens with zero attached hydrogens (tertiary/aromatic N) is 1. The Balaban J connectivity index is 1.77. The van der Waals surface area contributed by atoms with Crippen molar-refractivity contribution in [3.63, 3.8) is 0 Å².